The van der Waals surface area contributed by atoms with E-state index in [1.807, 2.05) is 0 Å². The number of halogens is 1. The van der Waals surface area contributed by atoms with Crippen molar-refractivity contribution >= 4 is 17.0 Å². The summed E-state index contributed by atoms with van der Waals surface area (Å²) in [6.07, 6.45) is 4.22. The summed E-state index contributed by atoms with van der Waals surface area (Å²) in [5, 5.41) is 0. The van der Waals surface area contributed by atoms with Gasteiger partial charge in [0.15, 0.2) is 6.29 Å². The van der Waals surface area contributed by atoms with Crippen LogP contribution in [0.5, 0.6) is 0 Å². The van der Waals surface area contributed by atoms with Gasteiger partial charge in [0.25, 0.3) is 5.56 Å². The Morgan fingerprint density at radius 2 is 2.19 bits per heavy atom. The summed E-state index contributed by atoms with van der Waals surface area (Å²) in [7, 11) is 0. The van der Waals surface area contributed by atoms with Gasteiger partial charge < -0.3 is 20.2 Å². The zero-order valence-corrected chi connectivity index (χ0v) is 14.7. The molecule has 2 atom stereocenters. The molecule has 4 N–H and O–H groups in total. The summed E-state index contributed by atoms with van der Waals surface area (Å²) in [4.78, 5) is 21.7. The molecule has 1 aromatic carbocycles. The number of anilines is 1. The maximum atomic E-state index is 14.5. The molecule has 1 saturated heterocycles. The Hall–Kier alpha value is -2.71. The molecule has 0 spiro atoms. The molecule has 1 unspecified atom stereocenters. The molecule has 1 fully saturated rings. The lowest BCUT2D eigenvalue weighted by Gasteiger charge is -2.25. The quantitative estimate of drug-likeness (QED) is 0.638. The van der Waals surface area contributed by atoms with E-state index in [1.165, 1.54) is 6.07 Å². The number of fused-ring (bicyclic) bond motifs is 1. The molecule has 2 aromatic heterocycles. The van der Waals surface area contributed by atoms with Crippen LogP contribution in [0.2, 0.25) is 0 Å². The standard InChI is InChI=1S/C19H21FN4O3/c20-14-6-2-1-5-11(14)13(10-27-15-7-3-4-8-26-15)12-9-22-17-16(12)23-19(21)24-18(17)25/h1-2,5-6,9,13,15,22H,3-4,7-8,10H2,(H3,21,23,24,25)/t13-,15?/m0/s1. The molecule has 1 aliphatic heterocycles. The third-order valence-corrected chi connectivity index (χ3v) is 4.83. The molecule has 0 amide bonds. The van der Waals surface area contributed by atoms with E-state index in [2.05, 4.69) is 15.0 Å². The van der Waals surface area contributed by atoms with E-state index in [0.29, 0.717) is 28.8 Å². The number of aromatic amines is 2. The number of nitrogens with zero attached hydrogens (tertiary/aromatic N) is 1. The van der Waals surface area contributed by atoms with Crippen LogP contribution in [-0.4, -0.2) is 34.5 Å². The van der Waals surface area contributed by atoms with Crippen molar-refractivity contribution in [3.8, 4) is 0 Å². The highest BCUT2D eigenvalue weighted by molar-refractivity contribution is 5.80. The Morgan fingerprint density at radius 1 is 1.33 bits per heavy atom. The number of rotatable bonds is 5. The lowest BCUT2D eigenvalue weighted by atomic mass is 9.92. The Morgan fingerprint density at radius 3 is 2.96 bits per heavy atom. The van der Waals surface area contributed by atoms with Crippen LogP contribution in [0.25, 0.3) is 11.0 Å². The number of benzene rings is 1. The van der Waals surface area contributed by atoms with Crippen molar-refractivity contribution in [1.29, 1.82) is 0 Å². The van der Waals surface area contributed by atoms with Crippen molar-refractivity contribution in [3.63, 3.8) is 0 Å². The number of H-pyrrole nitrogens is 2. The Kier molecular flexibility index (Phi) is 4.91. The van der Waals surface area contributed by atoms with Gasteiger partial charge in [-0.25, -0.2) is 9.37 Å². The molecule has 8 heteroatoms. The van der Waals surface area contributed by atoms with Gasteiger partial charge in [-0.2, -0.15) is 0 Å². The van der Waals surface area contributed by atoms with Gasteiger partial charge in [0.05, 0.1) is 6.61 Å². The van der Waals surface area contributed by atoms with Crippen LogP contribution >= 0.6 is 0 Å². The second-order valence-electron chi connectivity index (χ2n) is 6.62. The lowest BCUT2D eigenvalue weighted by molar-refractivity contribution is -0.163. The number of hydrogen-bond donors (Lipinski definition) is 3. The average Bonchev–Trinajstić information content (AvgIpc) is 3.08. The molecule has 7 nitrogen and oxygen atoms in total. The molecule has 4 rings (SSSR count). The van der Waals surface area contributed by atoms with Gasteiger partial charge in [0.2, 0.25) is 5.95 Å². The second kappa shape index (κ2) is 7.50. The van der Waals surface area contributed by atoms with E-state index in [1.54, 1.807) is 24.4 Å². The van der Waals surface area contributed by atoms with E-state index < -0.39 is 5.92 Å². The number of hydrogen-bond acceptors (Lipinski definition) is 5. The first-order valence-corrected chi connectivity index (χ1v) is 8.98. The number of nitrogens with two attached hydrogens (primary N) is 1. The van der Waals surface area contributed by atoms with E-state index in [4.69, 9.17) is 15.2 Å². The van der Waals surface area contributed by atoms with Crippen LogP contribution in [0.1, 0.15) is 36.3 Å². The van der Waals surface area contributed by atoms with Gasteiger partial charge in [-0.05, 0) is 30.9 Å². The van der Waals surface area contributed by atoms with Crippen LogP contribution in [0.4, 0.5) is 10.3 Å². The Bertz CT molecular complexity index is 994. The molecule has 0 bridgehead atoms. The van der Waals surface area contributed by atoms with Gasteiger partial charge in [0, 0.05) is 24.3 Å². The van der Waals surface area contributed by atoms with Crippen molar-refractivity contribution < 1.29 is 13.9 Å². The zero-order chi connectivity index (χ0) is 18.8. The number of aromatic nitrogens is 3. The van der Waals surface area contributed by atoms with Gasteiger partial charge >= 0.3 is 0 Å². The minimum atomic E-state index is -0.459. The predicted molar refractivity (Wildman–Crippen MR) is 98.9 cm³/mol. The summed E-state index contributed by atoms with van der Waals surface area (Å²) >= 11 is 0. The average molecular weight is 372 g/mol. The molecule has 1 aliphatic rings. The second-order valence-corrected chi connectivity index (χ2v) is 6.62. The van der Waals surface area contributed by atoms with Crippen molar-refractivity contribution in [1.82, 2.24) is 15.0 Å². The fraction of sp³-hybridized carbons (Fsp3) is 0.368. The highest BCUT2D eigenvalue weighted by Crippen LogP contribution is 2.32. The van der Waals surface area contributed by atoms with Crippen LogP contribution in [0, 0.1) is 5.82 Å². The third-order valence-electron chi connectivity index (χ3n) is 4.83. The van der Waals surface area contributed by atoms with E-state index >= 15 is 0 Å². The van der Waals surface area contributed by atoms with E-state index in [-0.39, 0.29) is 30.2 Å². The van der Waals surface area contributed by atoms with Crippen LogP contribution < -0.4 is 11.3 Å². The predicted octanol–water partition coefficient (Wildman–Crippen LogP) is 2.65. The minimum Gasteiger partial charge on any atom is -0.369 e. The molecule has 3 heterocycles. The molecule has 0 saturated carbocycles. The van der Waals surface area contributed by atoms with E-state index in [0.717, 1.165) is 19.3 Å². The van der Waals surface area contributed by atoms with Crippen LogP contribution in [0.15, 0.2) is 35.3 Å². The van der Waals surface area contributed by atoms with Gasteiger partial charge in [-0.15, -0.1) is 0 Å². The van der Waals surface area contributed by atoms with E-state index in [9.17, 15) is 9.18 Å². The molecule has 0 aliphatic carbocycles. The van der Waals surface area contributed by atoms with Gasteiger partial charge in [-0.3, -0.25) is 9.78 Å². The van der Waals surface area contributed by atoms with Crippen LogP contribution in [0.3, 0.4) is 0 Å². The molecule has 0 radical (unpaired) electrons. The molecular formula is C19H21FN4O3. The van der Waals surface area contributed by atoms with Crippen molar-refractivity contribution in [2.24, 2.45) is 0 Å². The summed E-state index contributed by atoms with van der Waals surface area (Å²) in [5.74, 6) is -0.792. The SMILES string of the molecule is Nc1nc2c([C@@H](COC3CCCCO3)c3ccccc3F)c[nH]c2c(=O)[nH]1. The first kappa shape index (κ1) is 17.7. The van der Waals surface area contributed by atoms with Gasteiger partial charge in [0.1, 0.15) is 16.9 Å². The van der Waals surface area contributed by atoms with Gasteiger partial charge in [-0.1, -0.05) is 18.2 Å². The first-order chi connectivity index (χ1) is 13.1. The Balaban J connectivity index is 1.74. The highest BCUT2D eigenvalue weighted by Gasteiger charge is 2.25. The lowest BCUT2D eigenvalue weighted by Crippen LogP contribution is -2.25. The maximum absolute atomic E-state index is 14.5. The van der Waals surface area contributed by atoms with Crippen LogP contribution in [-0.2, 0) is 9.47 Å². The zero-order valence-electron chi connectivity index (χ0n) is 14.7. The molecule has 142 valence electrons. The molecule has 27 heavy (non-hydrogen) atoms. The summed E-state index contributed by atoms with van der Waals surface area (Å²) in [6, 6.07) is 6.52. The topological polar surface area (TPSA) is 106 Å². The van der Waals surface area contributed by atoms with Crippen molar-refractivity contribution in [2.45, 2.75) is 31.5 Å². The monoisotopic (exact) mass is 372 g/mol. The summed E-state index contributed by atoms with van der Waals surface area (Å²) in [5.41, 5.74) is 7.18. The first-order valence-electron chi connectivity index (χ1n) is 8.98. The summed E-state index contributed by atoms with van der Waals surface area (Å²) in [6.45, 7) is 0.864. The number of ether oxygens (including phenoxy) is 2. The smallest absolute Gasteiger partial charge is 0.276 e. The minimum absolute atomic E-state index is 0.0113. The normalized spacial score (nSPS) is 18.6. The summed E-state index contributed by atoms with van der Waals surface area (Å²) < 4.78 is 26.1. The number of nitrogens with one attached hydrogen (secondary N) is 2. The van der Waals surface area contributed by atoms with Crippen molar-refractivity contribution in [2.75, 3.05) is 18.9 Å². The largest absolute Gasteiger partial charge is 0.369 e. The fourth-order valence-corrected chi connectivity index (χ4v) is 3.47. The fourth-order valence-electron chi connectivity index (χ4n) is 3.47. The van der Waals surface area contributed by atoms with Crippen molar-refractivity contribution in [3.05, 3.63) is 57.8 Å². The number of nitrogen functional groups attached to an aromatic ring is 1. The third kappa shape index (κ3) is 3.58. The molecule has 3 aromatic rings. The molecular weight excluding hydrogens is 351 g/mol. The Labute approximate surface area is 154 Å². The maximum Gasteiger partial charge on any atom is 0.276 e. The highest BCUT2D eigenvalue weighted by atomic mass is 19.1.